The Hall–Kier alpha value is -3.35. The molecule has 1 aromatic heterocycles. The van der Waals surface area contributed by atoms with E-state index in [-0.39, 0.29) is 17.5 Å². The predicted molar refractivity (Wildman–Crippen MR) is 107 cm³/mol. The van der Waals surface area contributed by atoms with Crippen molar-refractivity contribution in [2.45, 2.75) is 27.2 Å². The maximum atomic E-state index is 14.7. The molecule has 3 aromatic rings. The van der Waals surface area contributed by atoms with E-state index >= 15 is 0 Å². The van der Waals surface area contributed by atoms with Gasteiger partial charge in [-0.05, 0) is 61.4 Å². The van der Waals surface area contributed by atoms with Crippen molar-refractivity contribution in [2.24, 2.45) is 0 Å². The van der Waals surface area contributed by atoms with Crippen LogP contribution in [-0.4, -0.2) is 22.1 Å². The van der Waals surface area contributed by atoms with Gasteiger partial charge in [-0.3, -0.25) is 9.36 Å². The van der Waals surface area contributed by atoms with Gasteiger partial charge in [0.1, 0.15) is 23.0 Å². The fraction of sp³-hybridized carbons (Fsp3) is 0.227. The van der Waals surface area contributed by atoms with Crippen LogP contribution in [0.3, 0.4) is 0 Å². The molecule has 0 saturated carbocycles. The highest BCUT2D eigenvalue weighted by Gasteiger charge is 2.16. The number of halogens is 2. The second-order valence-electron chi connectivity index (χ2n) is 6.44. The van der Waals surface area contributed by atoms with Crippen LogP contribution in [0.25, 0.3) is 22.7 Å². The van der Waals surface area contributed by atoms with Crippen molar-refractivity contribution < 1.29 is 18.3 Å². The summed E-state index contributed by atoms with van der Waals surface area (Å²) in [7, 11) is 0. The third kappa shape index (κ3) is 4.08. The number of hydrogen-bond donors (Lipinski definition) is 0. The molecule has 0 bridgehead atoms. The Morgan fingerprint density at radius 1 is 1.21 bits per heavy atom. The average Bonchev–Trinajstić information content (AvgIpc) is 2.68. The zero-order valence-electron chi connectivity index (χ0n) is 16.3. The molecule has 7 heteroatoms. The zero-order valence-corrected chi connectivity index (χ0v) is 16.3. The summed E-state index contributed by atoms with van der Waals surface area (Å²) in [5, 5.41) is 0.0643. The molecule has 0 aliphatic carbocycles. The van der Waals surface area contributed by atoms with Crippen LogP contribution in [0.1, 0.15) is 30.8 Å². The van der Waals surface area contributed by atoms with Gasteiger partial charge in [-0.2, -0.15) is 0 Å². The summed E-state index contributed by atoms with van der Waals surface area (Å²) >= 11 is 0. The molecule has 3 rings (SSSR count). The molecule has 2 aromatic carbocycles. The number of aromatic nitrogens is 2. The van der Waals surface area contributed by atoms with E-state index in [0.29, 0.717) is 29.1 Å². The lowest BCUT2D eigenvalue weighted by atomic mass is 10.1. The maximum Gasteiger partial charge on any atom is 0.330 e. The Morgan fingerprint density at radius 2 is 1.97 bits per heavy atom. The van der Waals surface area contributed by atoms with Gasteiger partial charge in [0.25, 0.3) is 5.56 Å². The van der Waals surface area contributed by atoms with Gasteiger partial charge in [-0.25, -0.2) is 18.6 Å². The van der Waals surface area contributed by atoms with Gasteiger partial charge in [0.2, 0.25) is 0 Å². The van der Waals surface area contributed by atoms with E-state index in [1.54, 1.807) is 20.8 Å². The van der Waals surface area contributed by atoms with E-state index in [1.807, 2.05) is 0 Å². The van der Waals surface area contributed by atoms with Gasteiger partial charge in [-0.1, -0.05) is 6.92 Å². The highest BCUT2D eigenvalue weighted by Crippen LogP contribution is 2.21. The molecular formula is C22H20F2N2O3. The molecule has 0 unspecified atom stereocenters. The minimum Gasteiger partial charge on any atom is -0.463 e. The number of ether oxygens (including phenoxy) is 1. The second-order valence-corrected chi connectivity index (χ2v) is 6.44. The molecule has 0 aliphatic rings. The maximum absolute atomic E-state index is 14.7. The van der Waals surface area contributed by atoms with E-state index < -0.39 is 23.2 Å². The Morgan fingerprint density at radius 3 is 2.62 bits per heavy atom. The summed E-state index contributed by atoms with van der Waals surface area (Å²) in [6, 6.07) is 6.76. The summed E-state index contributed by atoms with van der Waals surface area (Å²) in [5.74, 6) is -1.28. The zero-order chi connectivity index (χ0) is 21.1. The number of nitrogens with zero attached hydrogens (tertiary/aromatic N) is 2. The number of benzene rings is 2. The van der Waals surface area contributed by atoms with Crippen molar-refractivity contribution in [3.8, 4) is 5.69 Å². The third-order valence-electron chi connectivity index (χ3n) is 4.43. The monoisotopic (exact) mass is 398 g/mol. The molecule has 1 heterocycles. The van der Waals surface area contributed by atoms with Crippen LogP contribution in [0.5, 0.6) is 0 Å². The first-order valence-electron chi connectivity index (χ1n) is 9.22. The molecule has 0 aliphatic heterocycles. The number of carbonyl (C=O) groups is 1. The van der Waals surface area contributed by atoms with Gasteiger partial charge in [0.05, 0.1) is 17.7 Å². The molecular weight excluding hydrogens is 378 g/mol. The van der Waals surface area contributed by atoms with Crippen molar-refractivity contribution in [1.82, 2.24) is 9.55 Å². The SMILES string of the molecule is CCOC(=O)C=Cc1cc(F)c2nc(CC)n(-c3ccc(F)cc3C)c(=O)c2c1. The van der Waals surface area contributed by atoms with Gasteiger partial charge >= 0.3 is 5.97 Å². The number of aryl methyl sites for hydroxylation is 2. The summed E-state index contributed by atoms with van der Waals surface area (Å²) in [4.78, 5) is 29.1. The van der Waals surface area contributed by atoms with Crippen molar-refractivity contribution in [1.29, 1.82) is 0 Å². The topological polar surface area (TPSA) is 61.2 Å². The van der Waals surface area contributed by atoms with Crippen molar-refractivity contribution in [2.75, 3.05) is 6.61 Å². The molecule has 0 saturated heterocycles. The molecule has 0 spiro atoms. The lowest BCUT2D eigenvalue weighted by molar-refractivity contribution is -0.137. The minimum absolute atomic E-state index is 0.0452. The number of hydrogen-bond acceptors (Lipinski definition) is 4. The Bertz CT molecular complexity index is 1180. The van der Waals surface area contributed by atoms with Crippen LogP contribution in [0, 0.1) is 18.6 Å². The normalized spacial score (nSPS) is 11.3. The standard InChI is InChI=1S/C22H20F2N2O3/c1-4-19-25-21-16(11-14(12-17(21)24)6-9-20(27)29-5-2)22(28)26(19)18-8-7-15(23)10-13(18)3/h6-12H,4-5H2,1-3H3. The smallest absolute Gasteiger partial charge is 0.330 e. The first kappa shape index (κ1) is 20.4. The van der Waals surface area contributed by atoms with E-state index in [1.165, 1.54) is 47.1 Å². The molecule has 5 nitrogen and oxygen atoms in total. The van der Waals surface area contributed by atoms with E-state index in [0.717, 1.165) is 0 Å². The van der Waals surface area contributed by atoms with Crippen LogP contribution in [0.15, 0.2) is 41.2 Å². The van der Waals surface area contributed by atoms with E-state index in [4.69, 9.17) is 4.74 Å². The molecule has 0 fully saturated rings. The fourth-order valence-electron chi connectivity index (χ4n) is 3.12. The number of carbonyl (C=O) groups excluding carboxylic acids is 1. The summed E-state index contributed by atoms with van der Waals surface area (Å²) in [6.45, 7) is 5.39. The first-order chi connectivity index (χ1) is 13.8. The Labute approximate surface area is 166 Å². The van der Waals surface area contributed by atoms with Crippen molar-refractivity contribution >= 4 is 22.9 Å². The Balaban J connectivity index is 2.24. The second kappa shape index (κ2) is 8.34. The van der Waals surface area contributed by atoms with Crippen LogP contribution < -0.4 is 5.56 Å². The summed E-state index contributed by atoms with van der Waals surface area (Å²) < 4.78 is 34.4. The number of rotatable bonds is 5. The lowest BCUT2D eigenvalue weighted by Crippen LogP contribution is -2.25. The van der Waals surface area contributed by atoms with Gasteiger partial charge < -0.3 is 4.74 Å². The molecule has 0 N–H and O–H groups in total. The molecule has 150 valence electrons. The van der Waals surface area contributed by atoms with Gasteiger partial charge in [-0.15, -0.1) is 0 Å². The summed E-state index contributed by atoms with van der Waals surface area (Å²) in [6.07, 6.45) is 2.92. The number of fused-ring (bicyclic) bond motifs is 1. The average molecular weight is 398 g/mol. The van der Waals surface area contributed by atoms with Crippen molar-refractivity contribution in [3.05, 3.63) is 75.3 Å². The number of esters is 1. The molecule has 29 heavy (non-hydrogen) atoms. The van der Waals surface area contributed by atoms with Crippen molar-refractivity contribution in [3.63, 3.8) is 0 Å². The first-order valence-corrected chi connectivity index (χ1v) is 9.22. The molecule has 0 radical (unpaired) electrons. The largest absolute Gasteiger partial charge is 0.463 e. The highest BCUT2D eigenvalue weighted by molar-refractivity contribution is 5.88. The third-order valence-corrected chi connectivity index (χ3v) is 4.43. The highest BCUT2D eigenvalue weighted by atomic mass is 19.1. The van der Waals surface area contributed by atoms with E-state index in [2.05, 4.69) is 4.98 Å². The predicted octanol–water partition coefficient (Wildman–Crippen LogP) is 4.11. The van der Waals surface area contributed by atoms with Crippen LogP contribution in [-0.2, 0) is 16.0 Å². The lowest BCUT2D eigenvalue weighted by Gasteiger charge is -2.15. The fourth-order valence-corrected chi connectivity index (χ4v) is 3.12. The minimum atomic E-state index is -0.666. The Kier molecular flexibility index (Phi) is 5.87. The van der Waals surface area contributed by atoms with Gasteiger partial charge in [0, 0.05) is 12.5 Å². The summed E-state index contributed by atoms with van der Waals surface area (Å²) in [5.41, 5.74) is 0.855. The van der Waals surface area contributed by atoms with E-state index in [9.17, 15) is 18.4 Å². The van der Waals surface area contributed by atoms with Crippen LogP contribution in [0.2, 0.25) is 0 Å². The quantitative estimate of drug-likeness (QED) is 0.479. The van der Waals surface area contributed by atoms with Crippen LogP contribution >= 0.6 is 0 Å². The molecule has 0 atom stereocenters. The van der Waals surface area contributed by atoms with Crippen LogP contribution in [0.4, 0.5) is 8.78 Å². The van der Waals surface area contributed by atoms with Gasteiger partial charge in [0.15, 0.2) is 0 Å². The molecule has 0 amide bonds.